The van der Waals surface area contributed by atoms with Gasteiger partial charge in [-0.25, -0.2) is 0 Å². The van der Waals surface area contributed by atoms with Crippen molar-refractivity contribution in [2.75, 3.05) is 0 Å². The van der Waals surface area contributed by atoms with Crippen LogP contribution in [0.15, 0.2) is 0 Å². The Morgan fingerprint density at radius 2 is 1.69 bits per heavy atom. The molecule has 4 fully saturated rings. The highest BCUT2D eigenvalue weighted by molar-refractivity contribution is 5.89. The van der Waals surface area contributed by atoms with Crippen LogP contribution in [0.5, 0.6) is 0 Å². The summed E-state index contributed by atoms with van der Waals surface area (Å²) >= 11 is 0. The van der Waals surface area contributed by atoms with Gasteiger partial charge in [-0.05, 0) is 79.4 Å². The number of carbonyl (C=O) groups excluding carboxylic acids is 1. The van der Waals surface area contributed by atoms with E-state index in [1.165, 1.54) is 51.4 Å². The molecular formula is C27H46O2. The van der Waals surface area contributed by atoms with Gasteiger partial charge in [-0.3, -0.25) is 4.79 Å². The van der Waals surface area contributed by atoms with Gasteiger partial charge in [0.05, 0.1) is 0 Å². The van der Waals surface area contributed by atoms with Gasteiger partial charge in [-0.1, -0.05) is 66.7 Å². The third-order valence-electron chi connectivity index (χ3n) is 10.8. The minimum Gasteiger partial charge on any atom is -0.381 e. The quantitative estimate of drug-likeness (QED) is 0.549. The predicted octanol–water partition coefficient (Wildman–Crippen LogP) is 6.79. The Labute approximate surface area is 179 Å². The monoisotopic (exact) mass is 402 g/mol. The molecule has 0 spiro atoms. The van der Waals surface area contributed by atoms with E-state index in [4.69, 9.17) is 0 Å². The Morgan fingerprint density at radius 1 is 0.966 bits per heavy atom. The zero-order valence-corrected chi connectivity index (χ0v) is 19.8. The van der Waals surface area contributed by atoms with Crippen LogP contribution in [-0.2, 0) is 4.79 Å². The third-order valence-corrected chi connectivity index (χ3v) is 10.8. The molecule has 0 aromatic carbocycles. The van der Waals surface area contributed by atoms with Crippen LogP contribution >= 0.6 is 0 Å². The highest BCUT2D eigenvalue weighted by Gasteiger charge is 2.66. The molecule has 2 heteroatoms. The van der Waals surface area contributed by atoms with Crippen molar-refractivity contribution in [1.82, 2.24) is 0 Å². The number of Topliss-reactive ketones (excluding diaryl/α,β-unsaturated/α-hetero) is 1. The Hall–Kier alpha value is -0.370. The molecule has 0 amide bonds. The van der Waals surface area contributed by atoms with E-state index in [1.807, 2.05) is 0 Å². The van der Waals surface area contributed by atoms with Crippen LogP contribution in [0.25, 0.3) is 0 Å². The van der Waals surface area contributed by atoms with Gasteiger partial charge in [-0.2, -0.15) is 0 Å². The van der Waals surface area contributed by atoms with Crippen molar-refractivity contribution in [3.05, 3.63) is 0 Å². The number of aliphatic hydroxyl groups is 1. The van der Waals surface area contributed by atoms with E-state index < -0.39 is 5.60 Å². The molecule has 0 saturated heterocycles. The smallest absolute Gasteiger partial charge is 0.165 e. The summed E-state index contributed by atoms with van der Waals surface area (Å²) in [5, 5.41) is 11.5. The van der Waals surface area contributed by atoms with Crippen molar-refractivity contribution < 1.29 is 9.90 Å². The summed E-state index contributed by atoms with van der Waals surface area (Å²) in [5.41, 5.74) is -0.783. The number of rotatable bonds is 5. The second kappa shape index (κ2) is 7.64. The molecule has 4 rings (SSSR count). The first-order valence-electron chi connectivity index (χ1n) is 12.9. The van der Waals surface area contributed by atoms with Crippen molar-refractivity contribution in [3.63, 3.8) is 0 Å². The molecule has 4 aliphatic carbocycles. The highest BCUT2D eigenvalue weighted by Crippen LogP contribution is 2.68. The van der Waals surface area contributed by atoms with Gasteiger partial charge in [0.1, 0.15) is 5.60 Å². The standard InChI is InChI=1S/C27H46O2/c1-18(2)9-8-10-19(3)21-11-12-22-20-17-24(28)27(29)15-7-6-14-26(27,5)23(20)13-16-25(21,22)4/h18-23,29H,6-17H2,1-5H3/t19-,20?,21?,22?,23?,25?,26?,27+/m1/s1. The zero-order chi connectivity index (χ0) is 21.0. The molecule has 0 aliphatic heterocycles. The van der Waals surface area contributed by atoms with Crippen molar-refractivity contribution in [3.8, 4) is 0 Å². The fourth-order valence-electron chi connectivity index (χ4n) is 9.09. The van der Waals surface area contributed by atoms with Crippen LogP contribution in [0, 0.1) is 46.3 Å². The maximum Gasteiger partial charge on any atom is 0.165 e. The number of carbonyl (C=O) groups is 1. The lowest BCUT2D eigenvalue weighted by molar-refractivity contribution is -0.203. The van der Waals surface area contributed by atoms with Gasteiger partial charge < -0.3 is 5.11 Å². The molecule has 0 aromatic rings. The normalized spacial score (nSPS) is 48.2. The molecular weight excluding hydrogens is 356 g/mol. The van der Waals surface area contributed by atoms with Crippen molar-refractivity contribution in [2.45, 2.75) is 117 Å². The molecule has 0 radical (unpaired) electrons. The molecule has 0 heterocycles. The summed E-state index contributed by atoms with van der Waals surface area (Å²) in [6, 6.07) is 0. The van der Waals surface area contributed by atoms with E-state index in [0.29, 0.717) is 36.0 Å². The molecule has 2 nitrogen and oxygen atoms in total. The fourth-order valence-corrected chi connectivity index (χ4v) is 9.09. The van der Waals surface area contributed by atoms with Crippen LogP contribution in [0.4, 0.5) is 0 Å². The summed E-state index contributed by atoms with van der Waals surface area (Å²) in [7, 11) is 0. The number of hydrogen-bond donors (Lipinski definition) is 1. The Kier molecular flexibility index (Phi) is 5.76. The minimum absolute atomic E-state index is 0.173. The first-order chi connectivity index (χ1) is 13.6. The molecule has 0 bridgehead atoms. The number of hydrogen-bond acceptors (Lipinski definition) is 2. The molecule has 0 aromatic heterocycles. The Morgan fingerprint density at radius 3 is 2.41 bits per heavy atom. The fraction of sp³-hybridized carbons (Fsp3) is 0.963. The van der Waals surface area contributed by atoms with E-state index in [0.717, 1.165) is 30.6 Å². The summed E-state index contributed by atoms with van der Waals surface area (Å²) in [6.45, 7) is 12.1. The number of ketones is 1. The molecule has 4 aliphatic rings. The molecule has 1 N–H and O–H groups in total. The molecule has 4 saturated carbocycles. The lowest BCUT2D eigenvalue weighted by atomic mass is 9.43. The Bertz CT molecular complexity index is 626. The van der Waals surface area contributed by atoms with E-state index in [1.54, 1.807) is 0 Å². The van der Waals surface area contributed by atoms with Crippen LogP contribution in [0.3, 0.4) is 0 Å². The van der Waals surface area contributed by atoms with Crippen LogP contribution in [0.2, 0.25) is 0 Å². The maximum absolute atomic E-state index is 13.3. The minimum atomic E-state index is -1.03. The van der Waals surface area contributed by atoms with E-state index in [9.17, 15) is 9.90 Å². The average Bonchev–Trinajstić information content (AvgIpc) is 3.01. The lowest BCUT2D eigenvalue weighted by Gasteiger charge is -2.62. The van der Waals surface area contributed by atoms with Gasteiger partial charge in [0.15, 0.2) is 5.78 Å². The third kappa shape index (κ3) is 3.26. The molecule has 29 heavy (non-hydrogen) atoms. The summed E-state index contributed by atoms with van der Waals surface area (Å²) < 4.78 is 0. The van der Waals surface area contributed by atoms with Crippen molar-refractivity contribution >= 4 is 5.78 Å². The predicted molar refractivity (Wildman–Crippen MR) is 120 cm³/mol. The van der Waals surface area contributed by atoms with E-state index >= 15 is 0 Å². The first-order valence-corrected chi connectivity index (χ1v) is 12.9. The van der Waals surface area contributed by atoms with E-state index in [2.05, 4.69) is 34.6 Å². The van der Waals surface area contributed by atoms with Crippen molar-refractivity contribution in [2.24, 2.45) is 46.3 Å². The van der Waals surface area contributed by atoms with Gasteiger partial charge in [0.25, 0.3) is 0 Å². The second-order valence-electron chi connectivity index (χ2n) is 12.5. The largest absolute Gasteiger partial charge is 0.381 e. The SMILES string of the molecule is CC(C)CCC[C@@H](C)C1CCC2C3CC(=O)[C@@]4(O)CCCCC4(C)C3CCC21C. The van der Waals surface area contributed by atoms with Gasteiger partial charge in [-0.15, -0.1) is 0 Å². The van der Waals surface area contributed by atoms with Gasteiger partial charge in [0, 0.05) is 11.8 Å². The molecule has 8 atom stereocenters. The first kappa shape index (κ1) is 21.8. The van der Waals surface area contributed by atoms with Gasteiger partial charge in [0.2, 0.25) is 0 Å². The topological polar surface area (TPSA) is 37.3 Å². The van der Waals surface area contributed by atoms with Crippen LogP contribution in [-0.4, -0.2) is 16.5 Å². The van der Waals surface area contributed by atoms with Gasteiger partial charge >= 0.3 is 0 Å². The lowest BCUT2D eigenvalue weighted by Crippen LogP contribution is -2.65. The molecule has 166 valence electrons. The summed E-state index contributed by atoms with van der Waals surface area (Å²) in [6.07, 6.45) is 14.0. The van der Waals surface area contributed by atoms with Crippen molar-refractivity contribution in [1.29, 1.82) is 0 Å². The molecule has 6 unspecified atom stereocenters. The highest BCUT2D eigenvalue weighted by atomic mass is 16.3. The zero-order valence-electron chi connectivity index (χ0n) is 19.8. The second-order valence-corrected chi connectivity index (χ2v) is 12.5. The van der Waals surface area contributed by atoms with Crippen LogP contribution < -0.4 is 0 Å². The average molecular weight is 403 g/mol. The summed E-state index contributed by atoms with van der Waals surface area (Å²) in [4.78, 5) is 13.3. The Balaban J connectivity index is 1.53. The van der Waals surface area contributed by atoms with E-state index in [-0.39, 0.29) is 11.2 Å². The summed E-state index contributed by atoms with van der Waals surface area (Å²) in [5.74, 6) is 4.42. The number of fused-ring (bicyclic) bond motifs is 5. The maximum atomic E-state index is 13.3. The van der Waals surface area contributed by atoms with Crippen LogP contribution in [0.1, 0.15) is 112 Å².